The van der Waals surface area contributed by atoms with Crippen molar-refractivity contribution in [3.05, 3.63) is 46.0 Å². The summed E-state index contributed by atoms with van der Waals surface area (Å²) in [5, 5.41) is 10.8. The number of rotatable bonds is 5. The van der Waals surface area contributed by atoms with E-state index in [1.54, 1.807) is 0 Å². The standard InChI is InChI=1S/C27H36N2O2S/c1-6-31-26(30)24-23(22(16-28)25(32-5)29(24)4)20-7-9-21(10-8-20)27(3)14-18-11-17(2)12-19(13-18)15-27/h7-10,17-19,23-24H,6,11-15H2,1-5H3/t17-,18+,19-,23?,24?,27-. The van der Waals surface area contributed by atoms with Crippen LogP contribution >= 0.6 is 11.8 Å². The van der Waals surface area contributed by atoms with Gasteiger partial charge in [0.1, 0.15) is 6.04 Å². The molecule has 0 N–H and O–H groups in total. The average Bonchev–Trinajstić information content (AvgIpc) is 3.04. The van der Waals surface area contributed by atoms with Crippen LogP contribution in [0.2, 0.25) is 0 Å². The topological polar surface area (TPSA) is 53.3 Å². The Morgan fingerprint density at radius 2 is 1.84 bits per heavy atom. The van der Waals surface area contributed by atoms with Gasteiger partial charge in [-0.1, -0.05) is 38.1 Å². The predicted molar refractivity (Wildman–Crippen MR) is 130 cm³/mol. The molecule has 172 valence electrons. The number of carbonyl (C=O) groups is 1. The molecule has 5 heteroatoms. The molecule has 0 saturated heterocycles. The van der Waals surface area contributed by atoms with Gasteiger partial charge in [-0.2, -0.15) is 5.26 Å². The summed E-state index contributed by atoms with van der Waals surface area (Å²) in [5.74, 6) is 2.00. The van der Waals surface area contributed by atoms with Gasteiger partial charge in [0.15, 0.2) is 0 Å². The van der Waals surface area contributed by atoms with Crippen molar-refractivity contribution in [2.45, 2.75) is 70.3 Å². The van der Waals surface area contributed by atoms with E-state index < -0.39 is 6.04 Å². The number of thioether (sulfide) groups is 1. The van der Waals surface area contributed by atoms with Crippen molar-refractivity contribution < 1.29 is 9.53 Å². The lowest BCUT2D eigenvalue weighted by Crippen LogP contribution is -2.39. The molecular weight excluding hydrogens is 416 g/mol. The smallest absolute Gasteiger partial charge is 0.329 e. The largest absolute Gasteiger partial charge is 0.464 e. The molecular formula is C27H36N2O2S. The zero-order valence-electron chi connectivity index (χ0n) is 20.1. The molecule has 4 rings (SSSR count). The van der Waals surface area contributed by atoms with Crippen LogP contribution in [0.4, 0.5) is 0 Å². The molecule has 6 atom stereocenters. The van der Waals surface area contributed by atoms with Crippen molar-refractivity contribution in [1.82, 2.24) is 4.90 Å². The van der Waals surface area contributed by atoms with E-state index in [9.17, 15) is 10.1 Å². The van der Waals surface area contributed by atoms with E-state index in [1.807, 2.05) is 25.1 Å². The Bertz CT molecular complexity index is 914. The molecule has 2 aliphatic carbocycles. The van der Waals surface area contributed by atoms with Gasteiger partial charge in [-0.25, -0.2) is 4.79 Å². The predicted octanol–water partition coefficient (Wildman–Crippen LogP) is 5.85. The number of fused-ring (bicyclic) bond motifs is 2. The first-order chi connectivity index (χ1) is 15.3. The third kappa shape index (κ3) is 4.07. The molecule has 0 aromatic heterocycles. The number of nitrogens with zero attached hydrogens (tertiary/aromatic N) is 2. The van der Waals surface area contributed by atoms with Crippen LogP contribution in [-0.2, 0) is 14.9 Å². The molecule has 2 saturated carbocycles. The normalized spacial score (nSPS) is 34.4. The summed E-state index contributed by atoms with van der Waals surface area (Å²) in [6, 6.07) is 10.7. The number of hydrogen-bond donors (Lipinski definition) is 0. The van der Waals surface area contributed by atoms with Crippen LogP contribution in [0.25, 0.3) is 0 Å². The zero-order chi connectivity index (χ0) is 23.0. The van der Waals surface area contributed by atoms with Gasteiger partial charge >= 0.3 is 5.97 Å². The summed E-state index contributed by atoms with van der Waals surface area (Å²) in [7, 11) is 1.89. The van der Waals surface area contributed by atoms with E-state index in [0.717, 1.165) is 28.3 Å². The molecule has 1 heterocycles. The molecule has 0 spiro atoms. The first-order valence-electron chi connectivity index (χ1n) is 12.0. The van der Waals surface area contributed by atoms with Gasteiger partial charge in [0.05, 0.1) is 29.2 Å². The van der Waals surface area contributed by atoms with Gasteiger partial charge in [0.25, 0.3) is 0 Å². The lowest BCUT2D eigenvalue weighted by atomic mass is 9.57. The average molecular weight is 453 g/mol. The highest BCUT2D eigenvalue weighted by molar-refractivity contribution is 8.02. The van der Waals surface area contributed by atoms with Gasteiger partial charge in [-0.3, -0.25) is 0 Å². The highest BCUT2D eigenvalue weighted by Crippen LogP contribution is 2.51. The van der Waals surface area contributed by atoms with Gasteiger partial charge in [-0.05, 0) is 79.6 Å². The minimum absolute atomic E-state index is 0.220. The Hall–Kier alpha value is -1.93. The lowest BCUT2D eigenvalue weighted by molar-refractivity contribution is -0.148. The fourth-order valence-electron chi connectivity index (χ4n) is 6.99. The van der Waals surface area contributed by atoms with Gasteiger partial charge in [0, 0.05) is 7.05 Å². The van der Waals surface area contributed by atoms with Gasteiger partial charge < -0.3 is 9.64 Å². The third-order valence-electron chi connectivity index (χ3n) is 8.02. The Kier molecular flexibility index (Phi) is 6.63. The van der Waals surface area contributed by atoms with Crippen molar-refractivity contribution in [2.24, 2.45) is 17.8 Å². The van der Waals surface area contributed by atoms with E-state index in [-0.39, 0.29) is 17.3 Å². The highest BCUT2D eigenvalue weighted by Gasteiger charge is 2.46. The minimum Gasteiger partial charge on any atom is -0.464 e. The molecule has 1 aromatic rings. The van der Waals surface area contributed by atoms with E-state index >= 15 is 0 Å². The van der Waals surface area contributed by atoms with Crippen LogP contribution in [0.15, 0.2) is 34.9 Å². The Morgan fingerprint density at radius 3 is 2.38 bits per heavy atom. The van der Waals surface area contributed by atoms with Crippen LogP contribution < -0.4 is 0 Å². The highest BCUT2D eigenvalue weighted by atomic mass is 32.2. The van der Waals surface area contributed by atoms with E-state index in [2.05, 4.69) is 44.2 Å². The van der Waals surface area contributed by atoms with Crippen molar-refractivity contribution in [3.8, 4) is 6.07 Å². The molecule has 0 amide bonds. The SMILES string of the molecule is CCOC(=O)C1C(c2ccc([C@@]3(C)C[C@@H]4C[C@H](C)C[C@@H](C4)C3)cc2)C(C#N)=C(SC)N1C. The molecule has 1 aliphatic heterocycles. The Morgan fingerprint density at radius 1 is 1.22 bits per heavy atom. The maximum atomic E-state index is 12.9. The maximum Gasteiger partial charge on any atom is 0.329 e. The first kappa shape index (κ1) is 23.2. The van der Waals surface area contributed by atoms with Gasteiger partial charge in [0.2, 0.25) is 0 Å². The van der Waals surface area contributed by atoms with Crippen LogP contribution in [0.3, 0.4) is 0 Å². The number of hydrogen-bond acceptors (Lipinski definition) is 5. The third-order valence-corrected chi connectivity index (χ3v) is 8.91. The lowest BCUT2D eigenvalue weighted by Gasteiger charge is -2.47. The van der Waals surface area contributed by atoms with E-state index in [1.165, 1.54) is 49.4 Å². The summed E-state index contributed by atoms with van der Waals surface area (Å²) in [5.41, 5.74) is 3.31. The molecule has 3 aliphatic rings. The van der Waals surface area contributed by atoms with Crippen molar-refractivity contribution >= 4 is 17.7 Å². The fraction of sp³-hybridized carbons (Fsp3) is 0.630. The second-order valence-corrected chi connectivity index (χ2v) is 11.3. The minimum atomic E-state index is -0.496. The van der Waals surface area contributed by atoms with Crippen molar-refractivity contribution in [1.29, 1.82) is 5.26 Å². The zero-order valence-corrected chi connectivity index (χ0v) is 20.9. The summed E-state index contributed by atoms with van der Waals surface area (Å²) < 4.78 is 5.39. The second-order valence-electron chi connectivity index (χ2n) is 10.5. The summed E-state index contributed by atoms with van der Waals surface area (Å²) in [6.07, 6.45) is 8.64. The molecule has 2 bridgehead atoms. The van der Waals surface area contributed by atoms with Crippen LogP contribution in [-0.4, -0.2) is 36.8 Å². The monoisotopic (exact) mass is 452 g/mol. The molecule has 0 radical (unpaired) electrons. The molecule has 4 nitrogen and oxygen atoms in total. The Labute approximate surface area is 197 Å². The number of carbonyl (C=O) groups excluding carboxylic acids is 1. The molecule has 32 heavy (non-hydrogen) atoms. The quantitative estimate of drug-likeness (QED) is 0.525. The van der Waals surface area contributed by atoms with Crippen LogP contribution in [0, 0.1) is 29.1 Å². The summed E-state index contributed by atoms with van der Waals surface area (Å²) in [6.45, 7) is 7.02. The molecule has 1 aromatic carbocycles. The van der Waals surface area contributed by atoms with Crippen molar-refractivity contribution in [2.75, 3.05) is 19.9 Å². The van der Waals surface area contributed by atoms with Crippen LogP contribution in [0.5, 0.6) is 0 Å². The van der Waals surface area contributed by atoms with Crippen LogP contribution in [0.1, 0.15) is 69.9 Å². The number of ether oxygens (including phenoxy) is 1. The van der Waals surface area contributed by atoms with Crippen molar-refractivity contribution in [3.63, 3.8) is 0 Å². The summed E-state index contributed by atoms with van der Waals surface area (Å²) in [4.78, 5) is 14.8. The summed E-state index contributed by atoms with van der Waals surface area (Å²) >= 11 is 1.52. The number of nitriles is 1. The number of likely N-dealkylation sites (N-methyl/N-ethyl adjacent to an activating group) is 1. The maximum absolute atomic E-state index is 12.9. The first-order valence-corrected chi connectivity index (χ1v) is 13.2. The van der Waals surface area contributed by atoms with Gasteiger partial charge in [-0.15, -0.1) is 11.8 Å². The van der Waals surface area contributed by atoms with E-state index in [0.29, 0.717) is 12.2 Å². The number of esters is 1. The molecule has 2 fully saturated rings. The Balaban J connectivity index is 1.64. The van der Waals surface area contributed by atoms with E-state index in [4.69, 9.17) is 4.74 Å². The molecule has 2 unspecified atom stereocenters. The number of benzene rings is 1. The fourth-order valence-corrected chi connectivity index (χ4v) is 7.78. The second kappa shape index (κ2) is 9.14.